The summed E-state index contributed by atoms with van der Waals surface area (Å²) >= 11 is 5.84. The Balaban J connectivity index is 1.71. The van der Waals surface area contributed by atoms with E-state index in [9.17, 15) is 0 Å². The number of halogens is 1. The highest BCUT2D eigenvalue weighted by atomic mass is 35.5. The monoisotopic (exact) mass is 329 g/mol. The zero-order valence-electron chi connectivity index (χ0n) is 12.8. The number of aromatic nitrogens is 5. The molecule has 7 nitrogen and oxygen atoms in total. The molecule has 3 aromatic heterocycles. The van der Waals surface area contributed by atoms with Crippen molar-refractivity contribution in [2.45, 2.75) is 20.4 Å². The number of nitrogen functional groups attached to an aromatic ring is 1. The first kappa shape index (κ1) is 15.2. The molecular weight excluding hydrogens is 314 g/mol. The summed E-state index contributed by atoms with van der Waals surface area (Å²) in [6.45, 7) is 4.51. The number of hydrogen-bond donors (Lipinski definition) is 2. The Kier molecular flexibility index (Phi) is 4.12. The predicted molar refractivity (Wildman–Crippen MR) is 89.6 cm³/mol. The molecule has 0 unspecified atom stereocenters. The van der Waals surface area contributed by atoms with Crippen molar-refractivity contribution in [1.29, 1.82) is 0 Å². The first-order chi connectivity index (χ1) is 11.0. The zero-order valence-corrected chi connectivity index (χ0v) is 13.5. The summed E-state index contributed by atoms with van der Waals surface area (Å²) in [5, 5.41) is 7.86. The van der Waals surface area contributed by atoms with E-state index in [2.05, 4.69) is 25.4 Å². The Labute approximate surface area is 138 Å². The van der Waals surface area contributed by atoms with Gasteiger partial charge in [-0.3, -0.25) is 0 Å². The third-order valence-electron chi connectivity index (χ3n) is 3.22. The average Bonchev–Trinajstić information content (AvgIpc) is 2.83. The van der Waals surface area contributed by atoms with E-state index in [1.807, 2.05) is 36.7 Å². The van der Waals surface area contributed by atoms with E-state index < -0.39 is 0 Å². The van der Waals surface area contributed by atoms with Crippen LogP contribution in [0.3, 0.4) is 0 Å². The van der Waals surface area contributed by atoms with Crippen LogP contribution in [-0.2, 0) is 6.54 Å². The van der Waals surface area contributed by atoms with Crippen LogP contribution >= 0.6 is 11.6 Å². The Bertz CT molecular complexity index is 806. The highest BCUT2D eigenvalue weighted by molar-refractivity contribution is 6.29. The topological polar surface area (TPSA) is 94.5 Å². The highest BCUT2D eigenvalue weighted by Crippen LogP contribution is 2.14. The van der Waals surface area contributed by atoms with E-state index in [4.69, 9.17) is 17.3 Å². The van der Waals surface area contributed by atoms with Gasteiger partial charge in [-0.1, -0.05) is 17.7 Å². The van der Waals surface area contributed by atoms with Crippen molar-refractivity contribution in [3.63, 3.8) is 0 Å². The summed E-state index contributed by atoms with van der Waals surface area (Å²) in [7, 11) is 0. The van der Waals surface area contributed by atoms with Gasteiger partial charge in [0.15, 0.2) is 5.82 Å². The molecule has 118 valence electrons. The van der Waals surface area contributed by atoms with Crippen LogP contribution in [0.1, 0.15) is 17.0 Å². The normalized spacial score (nSPS) is 10.7. The summed E-state index contributed by atoms with van der Waals surface area (Å²) in [5.74, 6) is 1.50. The fourth-order valence-electron chi connectivity index (χ4n) is 2.23. The Hall–Kier alpha value is -2.67. The van der Waals surface area contributed by atoms with Gasteiger partial charge in [-0.25, -0.2) is 14.6 Å². The van der Waals surface area contributed by atoms with E-state index in [1.54, 1.807) is 12.3 Å². The number of nitrogens with zero attached hydrogens (tertiary/aromatic N) is 5. The van der Waals surface area contributed by atoms with Crippen LogP contribution in [-0.4, -0.2) is 24.7 Å². The maximum atomic E-state index is 5.84. The van der Waals surface area contributed by atoms with Crippen molar-refractivity contribution in [3.05, 3.63) is 52.6 Å². The molecule has 0 bridgehead atoms. The zero-order chi connectivity index (χ0) is 16.4. The fourth-order valence-corrected chi connectivity index (χ4v) is 2.42. The molecule has 0 saturated carbocycles. The molecule has 8 heteroatoms. The number of nitrogens with two attached hydrogens (primary N) is 1. The van der Waals surface area contributed by atoms with Crippen molar-refractivity contribution in [2.24, 2.45) is 0 Å². The van der Waals surface area contributed by atoms with Gasteiger partial charge in [0.25, 0.3) is 0 Å². The molecule has 0 fully saturated rings. The lowest BCUT2D eigenvalue weighted by Gasteiger charge is -2.08. The Morgan fingerprint density at radius 1 is 1.22 bits per heavy atom. The van der Waals surface area contributed by atoms with Gasteiger partial charge in [0.2, 0.25) is 5.95 Å². The Morgan fingerprint density at radius 3 is 2.65 bits per heavy atom. The molecule has 0 aliphatic rings. The maximum absolute atomic E-state index is 5.84. The summed E-state index contributed by atoms with van der Waals surface area (Å²) in [6, 6.07) is 7.55. The molecule has 0 aromatic carbocycles. The number of aryl methyl sites for hydroxylation is 2. The molecule has 3 aromatic rings. The minimum absolute atomic E-state index is 0.137. The smallest absolute Gasteiger partial charge is 0.223 e. The number of hydrogen-bond acceptors (Lipinski definition) is 6. The molecule has 0 spiro atoms. The van der Waals surface area contributed by atoms with Crippen molar-refractivity contribution in [1.82, 2.24) is 24.7 Å². The third kappa shape index (κ3) is 3.57. The van der Waals surface area contributed by atoms with Gasteiger partial charge in [0.05, 0.1) is 5.69 Å². The molecule has 0 saturated heterocycles. The molecular formula is C15H16ClN7. The van der Waals surface area contributed by atoms with E-state index in [1.165, 1.54) is 0 Å². The first-order valence-corrected chi connectivity index (χ1v) is 7.41. The standard InChI is InChI=1S/C15H16ClN7/c1-9-5-10(2)23(22-9)14-4-3-11(8-19-14)7-18-13-6-12(16)20-15(17)21-13/h3-6,8H,7H2,1-2H3,(H3,17,18,20,21). The second-order valence-electron chi connectivity index (χ2n) is 5.15. The quantitative estimate of drug-likeness (QED) is 0.714. The molecule has 3 rings (SSSR count). The van der Waals surface area contributed by atoms with Crippen LogP contribution in [0, 0.1) is 13.8 Å². The van der Waals surface area contributed by atoms with Crippen LogP contribution in [0.5, 0.6) is 0 Å². The lowest BCUT2D eigenvalue weighted by molar-refractivity contribution is 0.804. The lowest BCUT2D eigenvalue weighted by Crippen LogP contribution is -2.06. The highest BCUT2D eigenvalue weighted by Gasteiger charge is 2.05. The van der Waals surface area contributed by atoms with Gasteiger partial charge >= 0.3 is 0 Å². The third-order valence-corrected chi connectivity index (χ3v) is 3.42. The predicted octanol–water partition coefficient (Wildman–Crippen LogP) is 2.52. The van der Waals surface area contributed by atoms with Crippen LogP contribution in [0.25, 0.3) is 5.82 Å². The fraction of sp³-hybridized carbons (Fsp3) is 0.200. The van der Waals surface area contributed by atoms with Crippen LogP contribution in [0.2, 0.25) is 5.15 Å². The van der Waals surface area contributed by atoms with Gasteiger partial charge in [0, 0.05) is 24.5 Å². The molecule has 3 heterocycles. The SMILES string of the molecule is Cc1cc(C)n(-c2ccc(CNc3cc(Cl)nc(N)n3)cn2)n1. The van der Waals surface area contributed by atoms with Gasteiger partial charge in [-0.05, 0) is 31.5 Å². The van der Waals surface area contributed by atoms with Crippen LogP contribution in [0.4, 0.5) is 11.8 Å². The lowest BCUT2D eigenvalue weighted by atomic mass is 10.3. The summed E-state index contributed by atoms with van der Waals surface area (Å²) in [4.78, 5) is 12.3. The molecule has 0 aliphatic heterocycles. The van der Waals surface area contributed by atoms with Crippen molar-refractivity contribution in [3.8, 4) is 5.82 Å². The number of rotatable bonds is 4. The number of nitrogens with one attached hydrogen (secondary N) is 1. The molecule has 3 N–H and O–H groups in total. The maximum Gasteiger partial charge on any atom is 0.223 e. The first-order valence-electron chi connectivity index (χ1n) is 7.04. The van der Waals surface area contributed by atoms with E-state index in [0.29, 0.717) is 17.5 Å². The molecule has 0 amide bonds. The van der Waals surface area contributed by atoms with E-state index in [-0.39, 0.29) is 5.95 Å². The van der Waals surface area contributed by atoms with E-state index in [0.717, 1.165) is 22.8 Å². The minimum atomic E-state index is 0.137. The second kappa shape index (κ2) is 6.21. The number of pyridine rings is 1. The summed E-state index contributed by atoms with van der Waals surface area (Å²) < 4.78 is 1.82. The van der Waals surface area contributed by atoms with Crippen LogP contribution in [0.15, 0.2) is 30.5 Å². The second-order valence-corrected chi connectivity index (χ2v) is 5.54. The molecule has 0 aliphatic carbocycles. The van der Waals surface area contributed by atoms with Gasteiger partial charge in [-0.2, -0.15) is 10.1 Å². The summed E-state index contributed by atoms with van der Waals surface area (Å²) in [6.07, 6.45) is 1.80. The Morgan fingerprint density at radius 2 is 2.04 bits per heavy atom. The van der Waals surface area contributed by atoms with Gasteiger partial charge < -0.3 is 11.1 Å². The average molecular weight is 330 g/mol. The van der Waals surface area contributed by atoms with Crippen molar-refractivity contribution >= 4 is 23.4 Å². The minimum Gasteiger partial charge on any atom is -0.368 e. The van der Waals surface area contributed by atoms with Gasteiger partial charge in [-0.15, -0.1) is 0 Å². The van der Waals surface area contributed by atoms with Crippen molar-refractivity contribution in [2.75, 3.05) is 11.1 Å². The van der Waals surface area contributed by atoms with Crippen molar-refractivity contribution < 1.29 is 0 Å². The molecule has 0 atom stereocenters. The summed E-state index contributed by atoms with van der Waals surface area (Å²) in [5.41, 5.74) is 8.58. The molecule has 0 radical (unpaired) electrons. The largest absolute Gasteiger partial charge is 0.368 e. The molecule has 23 heavy (non-hydrogen) atoms. The number of anilines is 2. The van der Waals surface area contributed by atoms with Gasteiger partial charge in [0.1, 0.15) is 11.0 Å². The van der Waals surface area contributed by atoms with Crippen LogP contribution < -0.4 is 11.1 Å². The van der Waals surface area contributed by atoms with E-state index >= 15 is 0 Å².